The Kier molecular flexibility index (Phi) is 4.29. The number of fused-ring (bicyclic) bond motifs is 1. The van der Waals surface area contributed by atoms with Gasteiger partial charge in [-0.25, -0.2) is 0 Å². The van der Waals surface area contributed by atoms with Gasteiger partial charge in [0.2, 0.25) is 0 Å². The molecule has 0 nitrogen and oxygen atoms in total. The molecule has 26 heavy (non-hydrogen) atoms. The molecule has 2 heteroatoms. The summed E-state index contributed by atoms with van der Waals surface area (Å²) >= 11 is -3.13. The second-order valence-corrected chi connectivity index (χ2v) is 38.9. The molecule has 0 aliphatic heterocycles. The Morgan fingerprint density at radius 1 is 0.923 bits per heavy atom. The molecule has 2 aliphatic rings. The van der Waals surface area contributed by atoms with Crippen molar-refractivity contribution >= 4 is 12.5 Å². The van der Waals surface area contributed by atoms with E-state index in [-0.39, 0.29) is 0 Å². The van der Waals surface area contributed by atoms with Crippen LogP contribution < -0.4 is 0 Å². The molecule has 0 N–H and O–H groups in total. The fraction of sp³-hybridized carbons (Fsp3) is 0.250. The van der Waals surface area contributed by atoms with E-state index in [0.29, 0.717) is 3.63 Å². The molecule has 0 radical (unpaired) electrons. The fourth-order valence-electron chi connectivity index (χ4n) is 4.58. The molecule has 2 aromatic rings. The van der Waals surface area contributed by atoms with Gasteiger partial charge in [0.05, 0.1) is 0 Å². The van der Waals surface area contributed by atoms with Crippen LogP contribution in [0, 0.1) is 0 Å². The molecular formula is C24H28SiZr. The summed E-state index contributed by atoms with van der Waals surface area (Å²) in [5, 5.41) is 0. The van der Waals surface area contributed by atoms with E-state index in [9.17, 15) is 0 Å². The minimum atomic E-state index is -3.13. The van der Waals surface area contributed by atoms with Crippen molar-refractivity contribution in [3.8, 4) is 0 Å². The zero-order valence-corrected chi connectivity index (χ0v) is 20.2. The van der Waals surface area contributed by atoms with Gasteiger partial charge in [0.1, 0.15) is 0 Å². The number of hydrogen-bond donors (Lipinski definition) is 0. The summed E-state index contributed by atoms with van der Waals surface area (Å²) < 4.78 is 7.67. The van der Waals surface area contributed by atoms with E-state index >= 15 is 0 Å². The monoisotopic (exact) mass is 434 g/mol. The molecule has 4 rings (SSSR count). The second-order valence-electron chi connectivity index (χ2n) is 9.13. The Morgan fingerprint density at radius 2 is 1.58 bits per heavy atom. The van der Waals surface area contributed by atoms with Gasteiger partial charge in [0.15, 0.2) is 0 Å². The number of rotatable bonds is 3. The fourth-order valence-corrected chi connectivity index (χ4v) is 17.5. The van der Waals surface area contributed by atoms with Crippen LogP contribution in [0.3, 0.4) is 0 Å². The zero-order valence-electron chi connectivity index (χ0n) is 16.3. The van der Waals surface area contributed by atoms with Crippen molar-refractivity contribution < 1.29 is 17.4 Å². The summed E-state index contributed by atoms with van der Waals surface area (Å²) in [5.41, 5.74) is 8.84. The quantitative estimate of drug-likeness (QED) is 0.509. The molecule has 1 unspecified atom stereocenters. The first-order valence-electron chi connectivity index (χ1n) is 9.58. The van der Waals surface area contributed by atoms with Gasteiger partial charge in [-0.15, -0.1) is 0 Å². The standard InChI is InChI=1S/C15H11.C7H9.2CH3.H2Si.Zr/c1-2-6-12(7-3-1)15-11-10-13-8-4-5-9-14(13)15;1-6-4-3-5-7(6)2;;;;/h1-11H;4H,5H2,1-2H3;2*1H3;1H2;. The van der Waals surface area contributed by atoms with Crippen molar-refractivity contribution in [2.75, 3.05) is 0 Å². The van der Waals surface area contributed by atoms with Gasteiger partial charge in [0, 0.05) is 0 Å². The van der Waals surface area contributed by atoms with Crippen LogP contribution in [0.1, 0.15) is 40.6 Å². The molecule has 0 saturated heterocycles. The van der Waals surface area contributed by atoms with Gasteiger partial charge in [-0.2, -0.15) is 0 Å². The summed E-state index contributed by atoms with van der Waals surface area (Å²) in [6, 6.07) is 20.0. The predicted molar refractivity (Wildman–Crippen MR) is 114 cm³/mol. The summed E-state index contributed by atoms with van der Waals surface area (Å²) in [6.07, 6.45) is 6.34. The van der Waals surface area contributed by atoms with Crippen molar-refractivity contribution in [1.29, 1.82) is 0 Å². The van der Waals surface area contributed by atoms with Crippen LogP contribution >= 0.6 is 0 Å². The normalized spacial score (nSPS) is 20.1. The summed E-state index contributed by atoms with van der Waals surface area (Å²) in [6.45, 7) is 6.97. The number of benzene rings is 2. The molecule has 0 spiro atoms. The Bertz CT molecular complexity index is 1040. The van der Waals surface area contributed by atoms with Crippen molar-refractivity contribution in [3.63, 3.8) is 0 Å². The summed E-state index contributed by atoms with van der Waals surface area (Å²) in [7, 11) is 0. The number of hydrogen-bond acceptors (Lipinski definition) is 0. The van der Waals surface area contributed by atoms with Gasteiger partial charge < -0.3 is 0 Å². The molecule has 1 atom stereocenters. The van der Waals surface area contributed by atoms with E-state index in [1.807, 2.05) is 0 Å². The van der Waals surface area contributed by atoms with Crippen LogP contribution in [0.2, 0.25) is 9.26 Å². The van der Waals surface area contributed by atoms with Crippen LogP contribution in [-0.4, -0.2) is 6.88 Å². The van der Waals surface area contributed by atoms with E-state index in [4.69, 9.17) is 0 Å². The van der Waals surface area contributed by atoms with Gasteiger partial charge in [0.25, 0.3) is 0 Å². The molecule has 0 fully saturated rings. The molecular weight excluding hydrogens is 408 g/mol. The second kappa shape index (κ2) is 6.14. The number of allylic oxidation sites excluding steroid dienone is 5. The van der Waals surface area contributed by atoms with Gasteiger partial charge in [-0.1, -0.05) is 0 Å². The van der Waals surface area contributed by atoms with Crippen molar-refractivity contribution in [2.45, 2.75) is 33.2 Å². The Labute approximate surface area is 160 Å². The molecule has 0 amide bonds. The molecule has 2 aliphatic carbocycles. The maximum absolute atomic E-state index is 3.13. The van der Waals surface area contributed by atoms with Gasteiger partial charge >= 0.3 is 161 Å². The SMILES string of the molecule is CC1=C(C)C[C]([Zr]([CH3])([CH3])(=[SiH2])[CH]2C=C(c3ccccc3)c3ccccc32)=C1. The topological polar surface area (TPSA) is 0 Å². The van der Waals surface area contributed by atoms with E-state index in [1.165, 1.54) is 28.7 Å². The van der Waals surface area contributed by atoms with E-state index < -0.39 is 17.4 Å². The van der Waals surface area contributed by atoms with Crippen LogP contribution in [0.25, 0.3) is 5.57 Å². The van der Waals surface area contributed by atoms with Crippen LogP contribution in [0.4, 0.5) is 0 Å². The Morgan fingerprint density at radius 3 is 2.23 bits per heavy atom. The first-order valence-corrected chi connectivity index (χ1v) is 23.1. The van der Waals surface area contributed by atoms with E-state index in [0.717, 1.165) is 0 Å². The maximum atomic E-state index is 2.66. The molecule has 0 aromatic heterocycles. The minimum absolute atomic E-state index is 0.589. The van der Waals surface area contributed by atoms with Crippen molar-refractivity contribution in [1.82, 2.24) is 0 Å². The van der Waals surface area contributed by atoms with E-state index in [1.54, 1.807) is 14.4 Å². The van der Waals surface area contributed by atoms with Crippen LogP contribution in [0.15, 0.2) is 81.2 Å². The van der Waals surface area contributed by atoms with Crippen molar-refractivity contribution in [2.24, 2.45) is 0 Å². The third kappa shape index (κ3) is 2.83. The molecule has 2 aromatic carbocycles. The summed E-state index contributed by atoms with van der Waals surface area (Å²) in [4.78, 5) is 0. The summed E-state index contributed by atoms with van der Waals surface area (Å²) in [5.74, 6) is 0. The predicted octanol–water partition coefficient (Wildman–Crippen LogP) is 6.13. The van der Waals surface area contributed by atoms with Gasteiger partial charge in [-0.05, 0) is 0 Å². The van der Waals surface area contributed by atoms with Gasteiger partial charge in [-0.3, -0.25) is 0 Å². The van der Waals surface area contributed by atoms with Crippen molar-refractivity contribution in [3.05, 3.63) is 97.9 Å². The van der Waals surface area contributed by atoms with Crippen LogP contribution in [-0.2, 0) is 17.4 Å². The average Bonchev–Trinajstić information content (AvgIpc) is 3.18. The molecule has 0 saturated carbocycles. The molecule has 0 bridgehead atoms. The Hall–Kier alpha value is -1.24. The third-order valence-corrected chi connectivity index (χ3v) is 23.9. The Balaban J connectivity index is 1.88. The average molecular weight is 436 g/mol. The zero-order chi connectivity index (χ0) is 18.6. The first-order chi connectivity index (χ1) is 12.3. The van der Waals surface area contributed by atoms with E-state index in [2.05, 4.69) is 96.7 Å². The van der Waals surface area contributed by atoms with Crippen LogP contribution in [0.5, 0.6) is 0 Å². The third-order valence-electron chi connectivity index (χ3n) is 6.58. The first kappa shape index (κ1) is 18.1. The molecule has 0 heterocycles. The molecule has 132 valence electrons.